The number of hydrogen-bond donors (Lipinski definition) is 0. The van der Waals surface area contributed by atoms with Gasteiger partial charge >= 0.3 is 5.69 Å². The highest BCUT2D eigenvalue weighted by Crippen LogP contribution is 2.11. The molecule has 0 N–H and O–H groups in total. The molecule has 1 heterocycles. The van der Waals surface area contributed by atoms with E-state index in [9.17, 15) is 4.79 Å². The van der Waals surface area contributed by atoms with Crippen molar-refractivity contribution < 1.29 is 0 Å². The monoisotopic (exact) mass is 185 g/mol. The molecule has 0 amide bonds. The Morgan fingerprint density at radius 2 is 2.29 bits per heavy atom. The van der Waals surface area contributed by atoms with Gasteiger partial charge in [-0.15, -0.1) is 0 Å². The number of nitriles is 1. The molecular formula is C10H7N3O. The van der Waals surface area contributed by atoms with E-state index < -0.39 is 0 Å². The molecule has 4 nitrogen and oxygen atoms in total. The van der Waals surface area contributed by atoms with Crippen LogP contribution >= 0.6 is 0 Å². The summed E-state index contributed by atoms with van der Waals surface area (Å²) in [6.07, 6.45) is 1.48. The average molecular weight is 185 g/mol. The Labute approximate surface area is 80.0 Å². The fraction of sp³-hybridized carbons (Fsp3) is 0.100. The van der Waals surface area contributed by atoms with Gasteiger partial charge in [-0.3, -0.25) is 4.57 Å². The lowest BCUT2D eigenvalue weighted by Crippen LogP contribution is -2.19. The van der Waals surface area contributed by atoms with E-state index in [0.29, 0.717) is 5.56 Å². The molecule has 2 rings (SSSR count). The smallest absolute Gasteiger partial charge is 0.295 e. The standard InChI is InChI=1S/C10H7N3O/c1-13-9-3-2-7(5-11)4-8(9)6-12-10(13)14/h2-4,6H,1H3. The number of rotatable bonds is 0. The lowest BCUT2D eigenvalue weighted by atomic mass is 10.2. The minimum absolute atomic E-state index is 0.290. The van der Waals surface area contributed by atoms with Gasteiger partial charge in [0.2, 0.25) is 0 Å². The number of nitrogens with zero attached hydrogens (tertiary/aromatic N) is 3. The van der Waals surface area contributed by atoms with Crippen LogP contribution in [0.4, 0.5) is 0 Å². The summed E-state index contributed by atoms with van der Waals surface area (Å²) < 4.78 is 1.45. The van der Waals surface area contributed by atoms with E-state index in [1.54, 1.807) is 25.2 Å². The van der Waals surface area contributed by atoms with Gasteiger partial charge in [0.25, 0.3) is 0 Å². The van der Waals surface area contributed by atoms with Gasteiger partial charge < -0.3 is 0 Å². The first-order valence-electron chi connectivity index (χ1n) is 4.08. The van der Waals surface area contributed by atoms with Crippen LogP contribution in [-0.4, -0.2) is 9.55 Å². The Morgan fingerprint density at radius 1 is 1.50 bits per heavy atom. The molecule has 0 aliphatic carbocycles. The van der Waals surface area contributed by atoms with E-state index in [1.807, 2.05) is 6.07 Å². The second-order valence-corrected chi connectivity index (χ2v) is 2.99. The number of aryl methyl sites for hydroxylation is 1. The normalized spacial score (nSPS) is 10.0. The molecule has 0 fully saturated rings. The average Bonchev–Trinajstić information content (AvgIpc) is 2.23. The molecule has 68 valence electrons. The molecule has 0 saturated carbocycles. The van der Waals surface area contributed by atoms with E-state index >= 15 is 0 Å². The van der Waals surface area contributed by atoms with Crippen LogP contribution in [0, 0.1) is 11.3 Å². The molecular weight excluding hydrogens is 178 g/mol. The van der Waals surface area contributed by atoms with Gasteiger partial charge in [0.05, 0.1) is 17.1 Å². The fourth-order valence-corrected chi connectivity index (χ4v) is 1.35. The molecule has 0 radical (unpaired) electrons. The molecule has 14 heavy (non-hydrogen) atoms. The SMILES string of the molecule is Cn1c(=O)ncc2cc(C#N)ccc21. The zero-order valence-electron chi connectivity index (χ0n) is 7.56. The molecule has 0 spiro atoms. The summed E-state index contributed by atoms with van der Waals surface area (Å²) in [5.74, 6) is 0. The number of benzene rings is 1. The molecule has 0 aliphatic heterocycles. The highest BCUT2D eigenvalue weighted by Gasteiger charge is 2.00. The van der Waals surface area contributed by atoms with Crippen molar-refractivity contribution in [3.05, 3.63) is 40.4 Å². The number of hydrogen-bond acceptors (Lipinski definition) is 3. The lowest BCUT2D eigenvalue weighted by Gasteiger charge is -2.02. The van der Waals surface area contributed by atoms with Crippen molar-refractivity contribution in [2.75, 3.05) is 0 Å². The summed E-state index contributed by atoms with van der Waals surface area (Å²) in [7, 11) is 1.66. The lowest BCUT2D eigenvalue weighted by molar-refractivity contribution is 0.852. The first kappa shape index (κ1) is 8.45. The first-order chi connectivity index (χ1) is 6.72. The van der Waals surface area contributed by atoms with E-state index in [-0.39, 0.29) is 5.69 Å². The molecule has 0 saturated heterocycles. The first-order valence-corrected chi connectivity index (χ1v) is 4.08. The minimum Gasteiger partial charge on any atom is -0.295 e. The van der Waals surface area contributed by atoms with Crippen molar-refractivity contribution in [1.29, 1.82) is 5.26 Å². The van der Waals surface area contributed by atoms with E-state index in [0.717, 1.165) is 10.9 Å². The maximum atomic E-state index is 11.2. The van der Waals surface area contributed by atoms with Gasteiger partial charge in [-0.1, -0.05) is 0 Å². The molecule has 4 heteroatoms. The Morgan fingerprint density at radius 3 is 3.00 bits per heavy atom. The van der Waals surface area contributed by atoms with Crippen LogP contribution < -0.4 is 5.69 Å². The van der Waals surface area contributed by atoms with Crippen LogP contribution in [0.25, 0.3) is 10.9 Å². The summed E-state index contributed by atoms with van der Waals surface area (Å²) in [6.45, 7) is 0. The van der Waals surface area contributed by atoms with Crippen molar-refractivity contribution in [2.45, 2.75) is 0 Å². The summed E-state index contributed by atoms with van der Waals surface area (Å²) in [5.41, 5.74) is 1.06. The van der Waals surface area contributed by atoms with Crippen molar-refractivity contribution in [3.8, 4) is 6.07 Å². The van der Waals surface area contributed by atoms with Gasteiger partial charge in [0.15, 0.2) is 0 Å². The Balaban J connectivity index is 2.89. The summed E-state index contributed by atoms with van der Waals surface area (Å²) in [6, 6.07) is 7.18. The van der Waals surface area contributed by atoms with Gasteiger partial charge in [0, 0.05) is 18.6 Å². The van der Waals surface area contributed by atoms with E-state index in [1.165, 1.54) is 10.8 Å². The molecule has 0 aliphatic rings. The predicted molar refractivity (Wildman–Crippen MR) is 51.7 cm³/mol. The zero-order valence-corrected chi connectivity index (χ0v) is 7.56. The third kappa shape index (κ3) is 1.15. The fourth-order valence-electron chi connectivity index (χ4n) is 1.35. The van der Waals surface area contributed by atoms with Gasteiger partial charge in [-0.2, -0.15) is 5.26 Å². The maximum Gasteiger partial charge on any atom is 0.347 e. The quantitative estimate of drug-likeness (QED) is 0.610. The van der Waals surface area contributed by atoms with Crippen LogP contribution in [0.3, 0.4) is 0 Å². The van der Waals surface area contributed by atoms with E-state index in [2.05, 4.69) is 4.98 Å². The number of fused-ring (bicyclic) bond motifs is 1. The topological polar surface area (TPSA) is 58.7 Å². The second kappa shape index (κ2) is 2.96. The van der Waals surface area contributed by atoms with Crippen molar-refractivity contribution in [2.24, 2.45) is 7.05 Å². The molecule has 0 atom stereocenters. The Kier molecular flexibility index (Phi) is 1.79. The zero-order chi connectivity index (χ0) is 10.1. The molecule has 1 aromatic heterocycles. The van der Waals surface area contributed by atoms with Crippen molar-refractivity contribution >= 4 is 10.9 Å². The van der Waals surface area contributed by atoms with Crippen molar-refractivity contribution in [3.63, 3.8) is 0 Å². The summed E-state index contributed by atoms with van der Waals surface area (Å²) >= 11 is 0. The molecule has 0 unspecified atom stereocenters. The van der Waals surface area contributed by atoms with E-state index in [4.69, 9.17) is 5.26 Å². The highest BCUT2D eigenvalue weighted by molar-refractivity contribution is 5.79. The van der Waals surface area contributed by atoms with Gasteiger partial charge in [0.1, 0.15) is 0 Å². The van der Waals surface area contributed by atoms with Crippen LogP contribution in [0.2, 0.25) is 0 Å². The van der Waals surface area contributed by atoms with Crippen LogP contribution in [0.15, 0.2) is 29.2 Å². The Bertz CT molecular complexity index is 592. The summed E-state index contributed by atoms with van der Waals surface area (Å²) in [4.78, 5) is 14.9. The number of aromatic nitrogens is 2. The predicted octanol–water partition coefficient (Wildman–Crippen LogP) is 0.805. The van der Waals surface area contributed by atoms with Crippen LogP contribution in [0.1, 0.15) is 5.56 Å². The van der Waals surface area contributed by atoms with Gasteiger partial charge in [-0.05, 0) is 18.2 Å². The molecule has 1 aromatic carbocycles. The third-order valence-corrected chi connectivity index (χ3v) is 2.12. The van der Waals surface area contributed by atoms with Crippen LogP contribution in [0.5, 0.6) is 0 Å². The minimum atomic E-state index is -0.290. The molecule has 0 bridgehead atoms. The molecule has 2 aromatic rings. The van der Waals surface area contributed by atoms with Crippen LogP contribution in [-0.2, 0) is 7.05 Å². The Hall–Kier alpha value is -2.15. The summed E-state index contributed by atoms with van der Waals surface area (Å²) in [5, 5.41) is 9.48. The third-order valence-electron chi connectivity index (χ3n) is 2.12. The highest BCUT2D eigenvalue weighted by atomic mass is 16.1. The second-order valence-electron chi connectivity index (χ2n) is 2.99. The van der Waals surface area contributed by atoms with Crippen molar-refractivity contribution in [1.82, 2.24) is 9.55 Å². The largest absolute Gasteiger partial charge is 0.347 e. The van der Waals surface area contributed by atoms with Gasteiger partial charge in [-0.25, -0.2) is 9.78 Å². The maximum absolute atomic E-state index is 11.2.